The summed E-state index contributed by atoms with van der Waals surface area (Å²) in [5.41, 5.74) is 2.12. The number of aromatic nitrogens is 4. The third kappa shape index (κ3) is 4.10. The minimum Gasteiger partial charge on any atom is -0.316 e. The summed E-state index contributed by atoms with van der Waals surface area (Å²) in [7, 11) is 0. The smallest absolute Gasteiger partial charge is 0.164 e. The van der Waals surface area contributed by atoms with Crippen LogP contribution in [0.1, 0.15) is 17.8 Å². The average Bonchev–Trinajstić information content (AvgIpc) is 3.42. The molecule has 0 radical (unpaired) electrons. The molecule has 1 saturated heterocycles. The Bertz CT molecular complexity index is 1250. The molecule has 1 aliphatic heterocycles. The number of nitrogens with one attached hydrogen (secondary N) is 1. The van der Waals surface area contributed by atoms with Gasteiger partial charge in [-0.25, -0.2) is 23.7 Å². The monoisotopic (exact) mass is 453 g/mol. The van der Waals surface area contributed by atoms with Gasteiger partial charge >= 0.3 is 0 Å². The van der Waals surface area contributed by atoms with Gasteiger partial charge in [-0.1, -0.05) is 35.9 Å². The zero-order valence-electron chi connectivity index (χ0n) is 17.4. The summed E-state index contributed by atoms with van der Waals surface area (Å²) in [6.07, 6.45) is 3.66. The van der Waals surface area contributed by atoms with Crippen LogP contribution in [0, 0.1) is 17.6 Å². The van der Waals surface area contributed by atoms with Gasteiger partial charge in [0.25, 0.3) is 0 Å². The Labute approximate surface area is 189 Å². The van der Waals surface area contributed by atoms with Crippen LogP contribution in [0.3, 0.4) is 0 Å². The first-order valence-corrected chi connectivity index (χ1v) is 11.1. The highest BCUT2D eigenvalue weighted by Crippen LogP contribution is 2.33. The van der Waals surface area contributed by atoms with Gasteiger partial charge in [-0.05, 0) is 55.6 Å². The average molecular weight is 454 g/mol. The zero-order chi connectivity index (χ0) is 22.1. The van der Waals surface area contributed by atoms with Crippen molar-refractivity contribution in [3.8, 4) is 11.4 Å². The number of rotatable bonds is 6. The quantitative estimate of drug-likeness (QED) is 0.455. The number of fused-ring (bicyclic) bond motifs is 1. The molecule has 1 aliphatic rings. The lowest BCUT2D eigenvalue weighted by atomic mass is 10.1. The minimum atomic E-state index is -0.425. The van der Waals surface area contributed by atoms with Crippen molar-refractivity contribution < 1.29 is 8.78 Å². The van der Waals surface area contributed by atoms with Crippen LogP contribution in [0.5, 0.6) is 0 Å². The largest absolute Gasteiger partial charge is 0.316 e. The first-order valence-electron chi connectivity index (χ1n) is 10.7. The first kappa shape index (κ1) is 21.0. The molecule has 8 heteroatoms. The molecule has 32 heavy (non-hydrogen) atoms. The van der Waals surface area contributed by atoms with E-state index in [0.717, 1.165) is 19.5 Å². The molecule has 5 rings (SSSR count). The van der Waals surface area contributed by atoms with Crippen molar-refractivity contribution in [1.82, 2.24) is 24.8 Å². The Morgan fingerprint density at radius 2 is 1.88 bits per heavy atom. The summed E-state index contributed by atoms with van der Waals surface area (Å²) in [6.45, 7) is 2.48. The van der Waals surface area contributed by atoms with E-state index in [1.54, 1.807) is 30.5 Å². The Balaban J connectivity index is 1.55. The Hall–Kier alpha value is -2.90. The van der Waals surface area contributed by atoms with E-state index in [1.807, 2.05) is 10.6 Å². The van der Waals surface area contributed by atoms with Gasteiger partial charge in [0.1, 0.15) is 28.8 Å². The maximum absolute atomic E-state index is 14.8. The van der Waals surface area contributed by atoms with Gasteiger partial charge in [0.15, 0.2) is 5.65 Å². The number of imidazole rings is 1. The van der Waals surface area contributed by atoms with Crippen LogP contribution >= 0.6 is 11.6 Å². The van der Waals surface area contributed by atoms with Crippen LogP contribution in [0.15, 0.2) is 48.7 Å². The number of halogens is 3. The Morgan fingerprint density at radius 1 is 1.03 bits per heavy atom. The van der Waals surface area contributed by atoms with Crippen LogP contribution < -0.4 is 5.32 Å². The fourth-order valence-corrected chi connectivity index (χ4v) is 4.47. The summed E-state index contributed by atoms with van der Waals surface area (Å²) in [6, 6.07) is 11.3. The molecule has 0 aliphatic carbocycles. The van der Waals surface area contributed by atoms with Crippen LogP contribution in [-0.2, 0) is 19.4 Å². The summed E-state index contributed by atoms with van der Waals surface area (Å²) in [5, 5.41) is 3.67. The number of aryl methyl sites for hydroxylation is 2. The molecular weight excluding hydrogens is 432 g/mol. The van der Waals surface area contributed by atoms with E-state index >= 15 is 0 Å². The number of benzene rings is 2. The lowest BCUT2D eigenvalue weighted by Crippen LogP contribution is -2.16. The molecule has 0 unspecified atom stereocenters. The maximum Gasteiger partial charge on any atom is 0.164 e. The molecule has 1 N–H and O–H groups in total. The van der Waals surface area contributed by atoms with E-state index < -0.39 is 5.82 Å². The fraction of sp³-hybridized carbons (Fsp3) is 0.292. The van der Waals surface area contributed by atoms with Crippen LogP contribution in [-0.4, -0.2) is 32.6 Å². The molecule has 2 aromatic carbocycles. The van der Waals surface area contributed by atoms with E-state index in [9.17, 15) is 8.78 Å². The van der Waals surface area contributed by atoms with Gasteiger partial charge in [0.2, 0.25) is 0 Å². The third-order valence-corrected chi connectivity index (χ3v) is 6.22. The summed E-state index contributed by atoms with van der Waals surface area (Å²) in [5.74, 6) is 0.775. The Morgan fingerprint density at radius 3 is 2.66 bits per heavy atom. The first-order chi connectivity index (χ1) is 15.6. The van der Waals surface area contributed by atoms with Crippen molar-refractivity contribution in [2.75, 3.05) is 13.1 Å². The molecule has 164 valence electrons. The SMILES string of the molecule is Fc1ccccc1CCc1ncc2nc(-c3c(F)cccc3Cl)n(C[C@@H]3CCNC3)c2n1. The van der Waals surface area contributed by atoms with Gasteiger partial charge in [-0.2, -0.15) is 0 Å². The lowest BCUT2D eigenvalue weighted by molar-refractivity contribution is 0.489. The van der Waals surface area contributed by atoms with Crippen LogP contribution in [0.25, 0.3) is 22.6 Å². The molecule has 1 atom stereocenters. The molecule has 2 aromatic heterocycles. The van der Waals surface area contributed by atoms with Crippen molar-refractivity contribution in [2.24, 2.45) is 5.92 Å². The van der Waals surface area contributed by atoms with Crippen molar-refractivity contribution >= 4 is 22.8 Å². The van der Waals surface area contributed by atoms with Crippen molar-refractivity contribution in [3.63, 3.8) is 0 Å². The van der Waals surface area contributed by atoms with Gasteiger partial charge < -0.3 is 9.88 Å². The summed E-state index contributed by atoms with van der Waals surface area (Å²) in [4.78, 5) is 13.8. The van der Waals surface area contributed by atoms with Crippen molar-refractivity contribution in [2.45, 2.75) is 25.8 Å². The van der Waals surface area contributed by atoms with E-state index in [2.05, 4.69) is 15.3 Å². The number of hydrogen-bond donors (Lipinski definition) is 1. The van der Waals surface area contributed by atoms with Gasteiger partial charge in [-0.15, -0.1) is 0 Å². The van der Waals surface area contributed by atoms with Crippen molar-refractivity contribution in [1.29, 1.82) is 0 Å². The molecule has 1 fully saturated rings. The second kappa shape index (κ2) is 8.92. The van der Waals surface area contributed by atoms with Gasteiger partial charge in [0.05, 0.1) is 16.8 Å². The second-order valence-electron chi connectivity index (χ2n) is 8.09. The fourth-order valence-electron chi connectivity index (χ4n) is 4.23. The second-order valence-corrected chi connectivity index (χ2v) is 8.50. The molecular formula is C24H22ClF2N5. The van der Waals surface area contributed by atoms with Crippen LogP contribution in [0.4, 0.5) is 8.78 Å². The highest BCUT2D eigenvalue weighted by atomic mass is 35.5. The molecule has 0 bridgehead atoms. The van der Waals surface area contributed by atoms with Crippen LogP contribution in [0.2, 0.25) is 5.02 Å². The van der Waals surface area contributed by atoms with E-state index in [1.165, 1.54) is 12.1 Å². The zero-order valence-corrected chi connectivity index (χ0v) is 18.1. The standard InChI is InChI=1S/C24H22ClF2N5/c25-17-5-3-7-19(27)22(17)24-30-20-13-29-21(9-8-16-4-1-2-6-18(16)26)31-23(20)32(24)14-15-10-11-28-12-15/h1-7,13,15,28H,8-12,14H2/t15-/m1/s1. The normalized spacial score (nSPS) is 16.2. The summed E-state index contributed by atoms with van der Waals surface area (Å²) >= 11 is 6.37. The maximum atomic E-state index is 14.8. The predicted molar refractivity (Wildman–Crippen MR) is 121 cm³/mol. The van der Waals surface area contributed by atoms with Crippen molar-refractivity contribution in [3.05, 3.63) is 76.7 Å². The van der Waals surface area contributed by atoms with E-state index in [-0.39, 0.29) is 11.4 Å². The Kier molecular flexibility index (Phi) is 5.85. The number of nitrogens with zero attached hydrogens (tertiary/aromatic N) is 4. The number of hydrogen-bond acceptors (Lipinski definition) is 4. The molecule has 0 amide bonds. The minimum absolute atomic E-state index is 0.233. The third-order valence-electron chi connectivity index (χ3n) is 5.90. The van der Waals surface area contributed by atoms with E-state index in [0.29, 0.717) is 58.7 Å². The predicted octanol–water partition coefficient (Wildman–Crippen LogP) is 4.82. The molecule has 0 spiro atoms. The molecule has 4 aromatic rings. The topological polar surface area (TPSA) is 55.6 Å². The highest BCUT2D eigenvalue weighted by molar-refractivity contribution is 6.33. The molecule has 5 nitrogen and oxygen atoms in total. The van der Waals surface area contributed by atoms with E-state index in [4.69, 9.17) is 16.6 Å². The van der Waals surface area contributed by atoms with Gasteiger partial charge in [0, 0.05) is 13.0 Å². The molecule has 3 heterocycles. The molecule has 0 saturated carbocycles. The summed E-state index contributed by atoms with van der Waals surface area (Å²) < 4.78 is 30.7. The lowest BCUT2D eigenvalue weighted by Gasteiger charge is -2.14. The highest BCUT2D eigenvalue weighted by Gasteiger charge is 2.24. The van der Waals surface area contributed by atoms with Gasteiger partial charge in [-0.3, -0.25) is 0 Å².